The van der Waals surface area contributed by atoms with Gasteiger partial charge in [0, 0.05) is 6.07 Å². The van der Waals surface area contributed by atoms with Crippen molar-refractivity contribution in [1.82, 2.24) is 0 Å². The van der Waals surface area contributed by atoms with Gasteiger partial charge in [0.1, 0.15) is 23.3 Å². The van der Waals surface area contributed by atoms with Crippen LogP contribution < -0.4 is 14.9 Å². The molecule has 7 heteroatoms. The van der Waals surface area contributed by atoms with Crippen molar-refractivity contribution in [1.29, 1.82) is 0 Å². The van der Waals surface area contributed by atoms with E-state index in [2.05, 4.69) is 25.5 Å². The van der Waals surface area contributed by atoms with E-state index in [-0.39, 0.29) is 33.3 Å². The zero-order valence-electron chi connectivity index (χ0n) is 19.8. The molecule has 0 fully saturated rings. The van der Waals surface area contributed by atoms with Crippen LogP contribution in [0, 0.1) is 0 Å². The van der Waals surface area contributed by atoms with Crippen molar-refractivity contribution in [3.05, 3.63) is 99.9 Å². The van der Waals surface area contributed by atoms with Crippen LogP contribution in [-0.2, 0) is 10.2 Å². The lowest BCUT2D eigenvalue weighted by molar-refractivity contribution is 0.0600. The number of carbonyl (C=O) groups excluding carboxylic acids is 2. The highest BCUT2D eigenvalue weighted by Gasteiger charge is 2.16. The first-order valence-corrected chi connectivity index (χ1v) is 10.9. The highest BCUT2D eigenvalue weighted by atomic mass is 16.5. The molecule has 178 valence electrons. The molecule has 0 N–H and O–H groups in total. The van der Waals surface area contributed by atoms with Gasteiger partial charge in [-0.2, -0.15) is 0 Å². The summed E-state index contributed by atoms with van der Waals surface area (Å²) < 4.78 is 21.3. The molecule has 0 aliphatic carbocycles. The lowest BCUT2D eigenvalue weighted by Gasteiger charge is -2.18. The standard InChI is InChI=1S/C28H24O7/c1-28(2,3)19-9-5-18(6-10-19)27(31)35-21-13-14-22-23(15-21)33-16-24(25(22)29)34-20-11-7-17(8-12-20)26(30)32-4/h5-16H,1-4H3. The van der Waals surface area contributed by atoms with E-state index >= 15 is 0 Å². The third-order valence-electron chi connectivity index (χ3n) is 5.41. The summed E-state index contributed by atoms with van der Waals surface area (Å²) in [5.41, 5.74) is 1.72. The van der Waals surface area contributed by atoms with Gasteiger partial charge in [-0.25, -0.2) is 9.59 Å². The van der Waals surface area contributed by atoms with Crippen molar-refractivity contribution in [3.8, 4) is 17.2 Å². The summed E-state index contributed by atoms with van der Waals surface area (Å²) in [6.07, 6.45) is 1.19. The van der Waals surface area contributed by atoms with Crippen molar-refractivity contribution in [2.24, 2.45) is 0 Å². The normalized spacial score (nSPS) is 11.2. The van der Waals surface area contributed by atoms with Crippen LogP contribution in [0.4, 0.5) is 0 Å². The van der Waals surface area contributed by atoms with Gasteiger partial charge in [-0.1, -0.05) is 32.9 Å². The quantitative estimate of drug-likeness (QED) is 0.264. The largest absolute Gasteiger partial charge is 0.465 e. The third kappa shape index (κ3) is 5.24. The first kappa shape index (κ1) is 23.8. The zero-order valence-corrected chi connectivity index (χ0v) is 19.8. The highest BCUT2D eigenvalue weighted by Crippen LogP contribution is 2.26. The molecule has 0 amide bonds. The van der Waals surface area contributed by atoms with E-state index in [4.69, 9.17) is 13.9 Å². The average Bonchev–Trinajstić information content (AvgIpc) is 2.85. The predicted molar refractivity (Wildman–Crippen MR) is 130 cm³/mol. The SMILES string of the molecule is COC(=O)c1ccc(Oc2coc3cc(OC(=O)c4ccc(C(C)(C)C)cc4)ccc3c2=O)cc1. The molecular formula is C28H24O7. The summed E-state index contributed by atoms with van der Waals surface area (Å²) in [5.74, 6) is -0.403. The molecule has 0 bridgehead atoms. The Morgan fingerprint density at radius 3 is 2.03 bits per heavy atom. The highest BCUT2D eigenvalue weighted by molar-refractivity contribution is 5.92. The topological polar surface area (TPSA) is 92.0 Å². The van der Waals surface area contributed by atoms with E-state index in [9.17, 15) is 14.4 Å². The van der Waals surface area contributed by atoms with Gasteiger partial charge < -0.3 is 18.6 Å². The summed E-state index contributed by atoms with van der Waals surface area (Å²) in [6.45, 7) is 6.29. The Balaban J connectivity index is 1.51. The monoisotopic (exact) mass is 472 g/mol. The van der Waals surface area contributed by atoms with Gasteiger partial charge in [0.15, 0.2) is 0 Å². The molecule has 0 spiro atoms. The fourth-order valence-electron chi connectivity index (χ4n) is 3.40. The molecule has 0 saturated heterocycles. The average molecular weight is 472 g/mol. The number of esters is 2. The van der Waals surface area contributed by atoms with Crippen molar-refractivity contribution in [2.45, 2.75) is 26.2 Å². The molecule has 35 heavy (non-hydrogen) atoms. The van der Waals surface area contributed by atoms with E-state index in [1.807, 2.05) is 12.1 Å². The Kier molecular flexibility index (Phi) is 6.42. The summed E-state index contributed by atoms with van der Waals surface area (Å²) >= 11 is 0. The fraction of sp³-hybridized carbons (Fsp3) is 0.179. The number of fused-ring (bicyclic) bond motifs is 1. The van der Waals surface area contributed by atoms with E-state index in [0.717, 1.165) is 5.56 Å². The summed E-state index contributed by atoms with van der Waals surface area (Å²) in [4.78, 5) is 37.0. The van der Waals surface area contributed by atoms with E-state index in [0.29, 0.717) is 16.9 Å². The Morgan fingerprint density at radius 2 is 1.40 bits per heavy atom. The van der Waals surface area contributed by atoms with E-state index in [1.165, 1.54) is 43.7 Å². The van der Waals surface area contributed by atoms with Crippen LogP contribution in [0.25, 0.3) is 11.0 Å². The number of hydrogen-bond donors (Lipinski definition) is 0. The minimum absolute atomic E-state index is 0.0204. The molecule has 4 rings (SSSR count). The van der Waals surface area contributed by atoms with Crippen LogP contribution >= 0.6 is 0 Å². The number of hydrogen-bond acceptors (Lipinski definition) is 7. The molecule has 0 aliphatic rings. The van der Waals surface area contributed by atoms with Crippen molar-refractivity contribution >= 4 is 22.9 Å². The summed E-state index contributed by atoms with van der Waals surface area (Å²) in [7, 11) is 1.30. The fourth-order valence-corrected chi connectivity index (χ4v) is 3.40. The minimum atomic E-state index is -0.512. The molecule has 0 atom stereocenters. The second-order valence-electron chi connectivity index (χ2n) is 8.92. The Morgan fingerprint density at radius 1 is 0.800 bits per heavy atom. The van der Waals surface area contributed by atoms with Crippen LogP contribution in [-0.4, -0.2) is 19.0 Å². The first-order chi connectivity index (χ1) is 16.7. The molecule has 1 aromatic heterocycles. The predicted octanol–water partition coefficient (Wildman–Crippen LogP) is 5.89. The van der Waals surface area contributed by atoms with Gasteiger partial charge in [0.25, 0.3) is 0 Å². The van der Waals surface area contributed by atoms with E-state index < -0.39 is 11.9 Å². The van der Waals surface area contributed by atoms with Gasteiger partial charge in [-0.3, -0.25) is 4.79 Å². The van der Waals surface area contributed by atoms with Gasteiger partial charge in [0.2, 0.25) is 11.2 Å². The van der Waals surface area contributed by atoms with Crippen LogP contribution in [0.1, 0.15) is 47.1 Å². The van der Waals surface area contributed by atoms with Crippen LogP contribution in [0.5, 0.6) is 17.2 Å². The lowest BCUT2D eigenvalue weighted by atomic mass is 9.87. The molecule has 7 nitrogen and oxygen atoms in total. The molecule has 0 radical (unpaired) electrons. The maximum atomic E-state index is 12.9. The Labute approximate surface area is 201 Å². The van der Waals surface area contributed by atoms with Crippen LogP contribution in [0.3, 0.4) is 0 Å². The number of carbonyl (C=O) groups is 2. The van der Waals surface area contributed by atoms with Crippen molar-refractivity contribution in [3.63, 3.8) is 0 Å². The van der Waals surface area contributed by atoms with Crippen LogP contribution in [0.2, 0.25) is 0 Å². The van der Waals surface area contributed by atoms with Crippen LogP contribution in [0.15, 0.2) is 82.2 Å². The van der Waals surface area contributed by atoms with Crippen molar-refractivity contribution < 1.29 is 28.2 Å². The smallest absolute Gasteiger partial charge is 0.343 e. The van der Waals surface area contributed by atoms with Gasteiger partial charge in [-0.05, 0) is 59.5 Å². The van der Waals surface area contributed by atoms with Crippen molar-refractivity contribution in [2.75, 3.05) is 7.11 Å². The summed E-state index contributed by atoms with van der Waals surface area (Å²) in [6, 6.07) is 17.9. The second kappa shape index (κ2) is 9.46. The number of ether oxygens (including phenoxy) is 3. The zero-order chi connectivity index (χ0) is 25.2. The summed E-state index contributed by atoms with van der Waals surface area (Å²) in [5, 5.41) is 0.267. The number of rotatable bonds is 5. The van der Waals surface area contributed by atoms with E-state index in [1.54, 1.807) is 24.3 Å². The molecule has 0 aliphatic heterocycles. The Hall–Kier alpha value is -4.39. The van der Waals surface area contributed by atoms with Gasteiger partial charge >= 0.3 is 11.9 Å². The lowest BCUT2D eigenvalue weighted by Crippen LogP contribution is -2.13. The first-order valence-electron chi connectivity index (χ1n) is 10.9. The molecule has 0 unspecified atom stereocenters. The molecule has 0 saturated carbocycles. The Bertz CT molecular complexity index is 1440. The molecular weight excluding hydrogens is 448 g/mol. The third-order valence-corrected chi connectivity index (χ3v) is 5.41. The minimum Gasteiger partial charge on any atom is -0.465 e. The molecule has 1 heterocycles. The maximum Gasteiger partial charge on any atom is 0.343 e. The maximum absolute atomic E-state index is 12.9. The molecule has 3 aromatic carbocycles. The number of methoxy groups -OCH3 is 1. The van der Waals surface area contributed by atoms with Gasteiger partial charge in [0.05, 0.1) is 23.6 Å². The second-order valence-corrected chi connectivity index (χ2v) is 8.92. The molecule has 4 aromatic rings. The van der Waals surface area contributed by atoms with Gasteiger partial charge in [-0.15, -0.1) is 0 Å². The number of benzene rings is 3.